The maximum atomic E-state index is 11.7. The molecule has 0 aliphatic rings. The lowest BCUT2D eigenvalue weighted by Crippen LogP contribution is -2.29. The quantitative estimate of drug-likeness (QED) is 0.812. The van der Waals surface area contributed by atoms with Crippen LogP contribution in [0.1, 0.15) is 13.3 Å². The van der Waals surface area contributed by atoms with Gasteiger partial charge in [-0.15, -0.1) is 0 Å². The topological polar surface area (TPSA) is 35.1 Å². The molecule has 0 aliphatic heterocycles. The number of aromatic nitrogens is 1. The molecule has 3 nitrogen and oxygen atoms in total. The number of halogens is 1. The molecule has 88 valence electrons. The lowest BCUT2D eigenvalue weighted by atomic mass is 10.3. The fourth-order valence-electron chi connectivity index (χ4n) is 1.64. The van der Waals surface area contributed by atoms with Crippen LogP contribution in [0.25, 0.3) is 18.3 Å². The minimum atomic E-state index is -0.447. The Morgan fingerprint density at radius 3 is 2.94 bits per heavy atom. The van der Waals surface area contributed by atoms with Crippen LogP contribution < -0.4 is 16.5 Å². The fraction of sp³-hybridized carbons (Fsp3) is 0.154. The molecule has 0 unspecified atom stereocenters. The van der Waals surface area contributed by atoms with Crippen LogP contribution in [-0.4, -0.2) is 4.57 Å². The molecule has 0 radical (unpaired) electrons. The fourth-order valence-corrected chi connectivity index (χ4v) is 1.82. The van der Waals surface area contributed by atoms with Crippen molar-refractivity contribution in [2.24, 2.45) is 0 Å². The van der Waals surface area contributed by atoms with Crippen LogP contribution in [0, 0.1) is 0 Å². The van der Waals surface area contributed by atoms with Crippen molar-refractivity contribution in [3.05, 3.63) is 50.6 Å². The third-order valence-electron chi connectivity index (χ3n) is 2.39. The van der Waals surface area contributed by atoms with E-state index in [0.29, 0.717) is 21.5 Å². The standard InChI is InChI=1S/C13H12ClNO2/c1-3-5-12-9(2)15(13(16)17-12)11-7-4-6-10(14)8-11/h4-8H,2-3H2,1H3/b12-5-. The molecular weight excluding hydrogens is 238 g/mol. The average Bonchev–Trinajstić information content (AvgIpc) is 2.55. The molecule has 4 heteroatoms. The van der Waals surface area contributed by atoms with Gasteiger partial charge < -0.3 is 4.42 Å². The van der Waals surface area contributed by atoms with Gasteiger partial charge in [0, 0.05) is 5.02 Å². The van der Waals surface area contributed by atoms with Crippen molar-refractivity contribution in [3.63, 3.8) is 0 Å². The highest BCUT2D eigenvalue weighted by Gasteiger charge is 2.06. The molecule has 1 aromatic carbocycles. The Bertz CT molecular complexity index is 697. The van der Waals surface area contributed by atoms with Crippen LogP contribution in [0.4, 0.5) is 0 Å². The van der Waals surface area contributed by atoms with Crippen molar-refractivity contribution >= 4 is 24.3 Å². The molecule has 2 aromatic rings. The van der Waals surface area contributed by atoms with Crippen molar-refractivity contribution < 1.29 is 4.42 Å². The van der Waals surface area contributed by atoms with Gasteiger partial charge >= 0.3 is 5.76 Å². The van der Waals surface area contributed by atoms with E-state index in [1.54, 1.807) is 24.3 Å². The summed E-state index contributed by atoms with van der Waals surface area (Å²) in [7, 11) is 0. The van der Waals surface area contributed by atoms with Crippen LogP contribution >= 0.6 is 11.6 Å². The van der Waals surface area contributed by atoms with E-state index in [2.05, 4.69) is 6.58 Å². The molecule has 17 heavy (non-hydrogen) atoms. The van der Waals surface area contributed by atoms with Gasteiger partial charge in [0.2, 0.25) is 0 Å². The van der Waals surface area contributed by atoms with Gasteiger partial charge in [0.15, 0.2) is 5.42 Å². The van der Waals surface area contributed by atoms with Gasteiger partial charge in [-0.1, -0.05) is 31.2 Å². The molecular formula is C13H12ClNO2. The summed E-state index contributed by atoms with van der Waals surface area (Å²) in [5, 5.41) is 1.11. The van der Waals surface area contributed by atoms with Crippen LogP contribution in [0.15, 0.2) is 33.5 Å². The maximum Gasteiger partial charge on any atom is 0.424 e. The van der Waals surface area contributed by atoms with Gasteiger partial charge in [-0.3, -0.25) is 0 Å². The number of rotatable bonds is 2. The van der Waals surface area contributed by atoms with Crippen LogP contribution in [0.2, 0.25) is 5.02 Å². The molecule has 0 saturated carbocycles. The van der Waals surface area contributed by atoms with Crippen molar-refractivity contribution in [2.45, 2.75) is 13.3 Å². The second-order valence-electron chi connectivity index (χ2n) is 3.61. The summed E-state index contributed by atoms with van der Waals surface area (Å²) >= 11 is 5.89. The zero-order chi connectivity index (χ0) is 12.4. The van der Waals surface area contributed by atoms with E-state index in [9.17, 15) is 4.79 Å². The summed E-state index contributed by atoms with van der Waals surface area (Å²) in [4.78, 5) is 11.7. The lowest BCUT2D eigenvalue weighted by Gasteiger charge is -1.99. The Kier molecular flexibility index (Phi) is 3.20. The van der Waals surface area contributed by atoms with Crippen molar-refractivity contribution in [2.75, 3.05) is 0 Å². The predicted octanol–water partition coefficient (Wildman–Crippen LogP) is 1.68. The Balaban J connectivity index is 2.74. The zero-order valence-electron chi connectivity index (χ0n) is 9.44. The molecule has 2 rings (SSSR count). The second kappa shape index (κ2) is 4.63. The summed E-state index contributed by atoms with van der Waals surface area (Å²) in [6, 6.07) is 7.01. The summed E-state index contributed by atoms with van der Waals surface area (Å²) in [6.07, 6.45) is 2.61. The highest BCUT2D eigenvalue weighted by atomic mass is 35.5. The number of nitrogens with zero attached hydrogens (tertiary/aromatic N) is 1. The molecule has 0 amide bonds. The van der Waals surface area contributed by atoms with Gasteiger partial charge in [0.25, 0.3) is 0 Å². The first-order valence-electron chi connectivity index (χ1n) is 5.30. The average molecular weight is 250 g/mol. The number of hydrogen-bond acceptors (Lipinski definition) is 2. The summed E-state index contributed by atoms with van der Waals surface area (Å²) in [6.45, 7) is 5.83. The maximum absolute atomic E-state index is 11.7. The number of hydrogen-bond donors (Lipinski definition) is 0. The molecule has 0 aliphatic carbocycles. The molecule has 0 bridgehead atoms. The minimum absolute atomic E-state index is 0.447. The second-order valence-corrected chi connectivity index (χ2v) is 4.04. The molecule has 0 spiro atoms. The van der Waals surface area contributed by atoms with E-state index in [1.165, 1.54) is 4.57 Å². The monoisotopic (exact) mass is 249 g/mol. The van der Waals surface area contributed by atoms with E-state index >= 15 is 0 Å². The SMILES string of the molecule is C=c1/c(=C/CC)oc(=O)n1-c1cccc(Cl)c1. The summed E-state index contributed by atoms with van der Waals surface area (Å²) in [5.41, 5.74) is 1.17. The van der Waals surface area contributed by atoms with Crippen LogP contribution in [0.5, 0.6) is 0 Å². The molecule has 1 aromatic heterocycles. The van der Waals surface area contributed by atoms with E-state index in [4.69, 9.17) is 16.0 Å². The summed E-state index contributed by atoms with van der Waals surface area (Å²) in [5.74, 6) is -0.447. The van der Waals surface area contributed by atoms with Crippen molar-refractivity contribution in [1.29, 1.82) is 0 Å². The first-order valence-corrected chi connectivity index (χ1v) is 5.68. The van der Waals surface area contributed by atoms with E-state index < -0.39 is 5.76 Å². The Morgan fingerprint density at radius 1 is 1.53 bits per heavy atom. The summed E-state index contributed by atoms with van der Waals surface area (Å²) < 4.78 is 6.54. The van der Waals surface area contributed by atoms with Gasteiger partial charge in [0.1, 0.15) is 0 Å². The van der Waals surface area contributed by atoms with Crippen molar-refractivity contribution in [1.82, 2.24) is 4.57 Å². The third kappa shape index (κ3) is 2.19. The Labute approximate surface area is 103 Å². The Morgan fingerprint density at radius 2 is 2.29 bits per heavy atom. The normalized spacial score (nSPS) is 12.0. The first-order chi connectivity index (χ1) is 8.13. The smallest absolute Gasteiger partial charge is 0.408 e. The van der Waals surface area contributed by atoms with E-state index in [0.717, 1.165) is 6.42 Å². The number of benzene rings is 1. The van der Waals surface area contributed by atoms with Gasteiger partial charge in [-0.05, 0) is 30.7 Å². The van der Waals surface area contributed by atoms with Crippen molar-refractivity contribution in [3.8, 4) is 5.69 Å². The number of oxazole rings is 1. The first kappa shape index (κ1) is 11.7. The third-order valence-corrected chi connectivity index (χ3v) is 2.63. The molecule has 0 atom stereocenters. The minimum Gasteiger partial charge on any atom is -0.408 e. The highest BCUT2D eigenvalue weighted by molar-refractivity contribution is 6.30. The van der Waals surface area contributed by atoms with Crippen LogP contribution in [0.3, 0.4) is 0 Å². The molecule has 1 heterocycles. The predicted molar refractivity (Wildman–Crippen MR) is 68.8 cm³/mol. The lowest BCUT2D eigenvalue weighted by molar-refractivity contribution is 0.476. The molecule has 0 N–H and O–H groups in total. The van der Waals surface area contributed by atoms with Gasteiger partial charge in [0.05, 0.1) is 11.0 Å². The highest BCUT2D eigenvalue weighted by Crippen LogP contribution is 2.11. The van der Waals surface area contributed by atoms with Crippen LogP contribution in [-0.2, 0) is 0 Å². The van der Waals surface area contributed by atoms with E-state index in [1.807, 2.05) is 13.0 Å². The van der Waals surface area contributed by atoms with Gasteiger partial charge in [-0.2, -0.15) is 0 Å². The van der Waals surface area contributed by atoms with E-state index in [-0.39, 0.29) is 0 Å². The zero-order valence-corrected chi connectivity index (χ0v) is 10.2. The molecule has 0 fully saturated rings. The van der Waals surface area contributed by atoms with Gasteiger partial charge in [-0.25, -0.2) is 9.36 Å². The molecule has 0 saturated heterocycles. The largest absolute Gasteiger partial charge is 0.424 e. The Hall–Kier alpha value is -1.74.